The number of hydrogen-bond acceptors (Lipinski definition) is 5. The quantitative estimate of drug-likeness (QED) is 0.636. The van der Waals surface area contributed by atoms with Gasteiger partial charge in [0, 0.05) is 45.3 Å². The fourth-order valence-corrected chi connectivity index (χ4v) is 4.83. The number of amides is 2. The summed E-state index contributed by atoms with van der Waals surface area (Å²) in [7, 11) is -2.18. The van der Waals surface area contributed by atoms with Crippen LogP contribution in [0.1, 0.15) is 29.3 Å². The van der Waals surface area contributed by atoms with Crippen molar-refractivity contribution in [1.82, 2.24) is 15.1 Å². The zero-order chi connectivity index (χ0) is 24.0. The van der Waals surface area contributed by atoms with Crippen LogP contribution in [-0.2, 0) is 14.8 Å². The molecule has 2 aromatic carbocycles. The number of nitrogens with one attached hydrogen (secondary N) is 1. The molecule has 1 N–H and O–H groups in total. The minimum Gasteiger partial charge on any atom is -0.355 e. The van der Waals surface area contributed by atoms with Crippen molar-refractivity contribution in [3.63, 3.8) is 0 Å². The summed E-state index contributed by atoms with van der Waals surface area (Å²) in [6, 6.07) is 13.3. The molecule has 8 nitrogen and oxygen atoms in total. The van der Waals surface area contributed by atoms with Crippen molar-refractivity contribution in [2.24, 2.45) is 0 Å². The lowest BCUT2D eigenvalue weighted by Crippen LogP contribution is -2.51. The number of aryl methyl sites for hydroxylation is 1. The van der Waals surface area contributed by atoms with Crippen molar-refractivity contribution in [2.75, 3.05) is 50.6 Å². The highest BCUT2D eigenvalue weighted by atomic mass is 32.2. The number of piperazine rings is 1. The van der Waals surface area contributed by atoms with Gasteiger partial charge in [-0.15, -0.1) is 0 Å². The summed E-state index contributed by atoms with van der Waals surface area (Å²) in [5.74, 6) is -0.0856. The number of sulfonamides is 1. The zero-order valence-electron chi connectivity index (χ0n) is 19.5. The molecule has 1 aliphatic rings. The average Bonchev–Trinajstić information content (AvgIpc) is 2.82. The Morgan fingerprint density at radius 2 is 1.58 bits per heavy atom. The van der Waals surface area contributed by atoms with E-state index in [4.69, 9.17) is 0 Å². The Morgan fingerprint density at radius 3 is 2.15 bits per heavy atom. The molecule has 1 saturated heterocycles. The van der Waals surface area contributed by atoms with E-state index < -0.39 is 10.0 Å². The van der Waals surface area contributed by atoms with E-state index >= 15 is 0 Å². The van der Waals surface area contributed by atoms with Gasteiger partial charge in [0.05, 0.1) is 17.1 Å². The molecule has 0 aliphatic carbocycles. The summed E-state index contributed by atoms with van der Waals surface area (Å²) in [6.45, 7) is 7.31. The summed E-state index contributed by atoms with van der Waals surface area (Å²) in [5, 5.41) is 2.87. The van der Waals surface area contributed by atoms with Crippen LogP contribution in [0.15, 0.2) is 53.4 Å². The lowest BCUT2D eigenvalue weighted by atomic mass is 10.1. The minimum absolute atomic E-state index is 0.0110. The van der Waals surface area contributed by atoms with E-state index in [1.807, 2.05) is 18.7 Å². The standard InChI is InChI=1S/C24H32N4O4S/c1-4-13-25-23(29)18-27-14-16-28(17-15-27)24(30)20-7-9-21(10-8-20)26(3)33(31,32)22-11-5-19(2)6-12-22/h5-12H,4,13-18H2,1-3H3,(H,25,29). The van der Waals surface area contributed by atoms with Gasteiger partial charge in [-0.3, -0.25) is 18.8 Å². The van der Waals surface area contributed by atoms with Crippen LogP contribution in [0.2, 0.25) is 0 Å². The Labute approximate surface area is 196 Å². The molecule has 0 aromatic heterocycles. The van der Waals surface area contributed by atoms with E-state index in [-0.39, 0.29) is 16.7 Å². The van der Waals surface area contributed by atoms with Gasteiger partial charge in [0.15, 0.2) is 0 Å². The predicted octanol–water partition coefficient (Wildman–Crippen LogP) is 2.10. The first kappa shape index (κ1) is 24.7. The van der Waals surface area contributed by atoms with Crippen molar-refractivity contribution >= 4 is 27.5 Å². The van der Waals surface area contributed by atoms with Gasteiger partial charge in [0.1, 0.15) is 0 Å². The monoisotopic (exact) mass is 472 g/mol. The molecule has 0 spiro atoms. The maximum Gasteiger partial charge on any atom is 0.264 e. The lowest BCUT2D eigenvalue weighted by molar-refractivity contribution is -0.122. The van der Waals surface area contributed by atoms with Crippen molar-refractivity contribution < 1.29 is 18.0 Å². The highest BCUT2D eigenvalue weighted by Gasteiger charge is 2.24. The SMILES string of the molecule is CCCNC(=O)CN1CCN(C(=O)c2ccc(N(C)S(=O)(=O)c3ccc(C)cc3)cc2)CC1. The molecule has 2 aromatic rings. The Kier molecular flexibility index (Phi) is 8.10. The number of anilines is 1. The Hall–Kier alpha value is -2.91. The van der Waals surface area contributed by atoms with E-state index in [2.05, 4.69) is 5.32 Å². The topological polar surface area (TPSA) is 90.0 Å². The van der Waals surface area contributed by atoms with Crippen molar-refractivity contribution in [2.45, 2.75) is 25.2 Å². The predicted molar refractivity (Wildman–Crippen MR) is 129 cm³/mol. The average molecular weight is 473 g/mol. The third kappa shape index (κ3) is 6.11. The molecule has 1 heterocycles. The second-order valence-electron chi connectivity index (χ2n) is 8.25. The van der Waals surface area contributed by atoms with Gasteiger partial charge < -0.3 is 10.2 Å². The summed E-state index contributed by atoms with van der Waals surface area (Å²) in [6.07, 6.45) is 0.903. The van der Waals surface area contributed by atoms with Gasteiger partial charge in [-0.05, 0) is 49.7 Å². The number of carbonyl (C=O) groups excluding carboxylic acids is 2. The number of rotatable bonds is 8. The molecule has 2 amide bonds. The third-order valence-corrected chi connectivity index (χ3v) is 7.56. The van der Waals surface area contributed by atoms with Crippen LogP contribution in [0, 0.1) is 6.92 Å². The fourth-order valence-electron chi connectivity index (χ4n) is 3.64. The largest absolute Gasteiger partial charge is 0.355 e. The summed E-state index contributed by atoms with van der Waals surface area (Å²) in [4.78, 5) is 28.8. The van der Waals surface area contributed by atoms with Crippen LogP contribution < -0.4 is 9.62 Å². The van der Waals surface area contributed by atoms with E-state index in [1.165, 1.54) is 11.4 Å². The number of hydrogen-bond donors (Lipinski definition) is 1. The van der Waals surface area contributed by atoms with Gasteiger partial charge >= 0.3 is 0 Å². The van der Waals surface area contributed by atoms with E-state index in [9.17, 15) is 18.0 Å². The molecule has 33 heavy (non-hydrogen) atoms. The van der Waals surface area contributed by atoms with Crippen molar-refractivity contribution in [1.29, 1.82) is 0 Å². The maximum absolute atomic E-state index is 12.9. The smallest absolute Gasteiger partial charge is 0.264 e. The minimum atomic E-state index is -3.68. The summed E-state index contributed by atoms with van der Waals surface area (Å²) in [5.41, 5.74) is 1.98. The summed E-state index contributed by atoms with van der Waals surface area (Å²) < 4.78 is 27.0. The van der Waals surface area contributed by atoms with E-state index in [1.54, 1.807) is 53.4 Å². The second kappa shape index (κ2) is 10.8. The van der Waals surface area contributed by atoms with Crippen molar-refractivity contribution in [3.05, 3.63) is 59.7 Å². The molecule has 0 atom stereocenters. The molecular formula is C24H32N4O4S. The van der Waals surface area contributed by atoms with E-state index in [0.717, 1.165) is 12.0 Å². The second-order valence-corrected chi connectivity index (χ2v) is 10.2. The number of benzene rings is 2. The molecule has 1 aliphatic heterocycles. The number of carbonyl (C=O) groups is 2. The van der Waals surface area contributed by atoms with Gasteiger partial charge in [0.2, 0.25) is 5.91 Å². The van der Waals surface area contributed by atoms with Gasteiger partial charge in [0.25, 0.3) is 15.9 Å². The molecule has 0 radical (unpaired) electrons. The third-order valence-electron chi connectivity index (χ3n) is 5.76. The first-order valence-electron chi connectivity index (χ1n) is 11.2. The van der Waals surface area contributed by atoms with Crippen LogP contribution in [0.25, 0.3) is 0 Å². The molecule has 9 heteroatoms. The molecular weight excluding hydrogens is 440 g/mol. The van der Waals surface area contributed by atoms with Gasteiger partial charge in [-0.2, -0.15) is 0 Å². The Balaban J connectivity index is 1.59. The molecule has 1 fully saturated rings. The van der Waals surface area contributed by atoms with Crippen LogP contribution in [0.3, 0.4) is 0 Å². The Morgan fingerprint density at radius 1 is 0.970 bits per heavy atom. The highest BCUT2D eigenvalue weighted by Crippen LogP contribution is 2.23. The lowest BCUT2D eigenvalue weighted by Gasteiger charge is -2.34. The molecule has 0 bridgehead atoms. The first-order valence-corrected chi connectivity index (χ1v) is 12.6. The van der Waals surface area contributed by atoms with Gasteiger partial charge in [-0.1, -0.05) is 24.6 Å². The highest BCUT2D eigenvalue weighted by molar-refractivity contribution is 7.92. The van der Waals surface area contributed by atoms with Gasteiger partial charge in [-0.25, -0.2) is 8.42 Å². The van der Waals surface area contributed by atoms with E-state index in [0.29, 0.717) is 50.5 Å². The molecule has 178 valence electrons. The fraction of sp³-hybridized carbons (Fsp3) is 0.417. The number of nitrogens with zero attached hydrogens (tertiary/aromatic N) is 3. The van der Waals surface area contributed by atoms with Crippen LogP contribution in [0.5, 0.6) is 0 Å². The van der Waals surface area contributed by atoms with Crippen molar-refractivity contribution in [3.8, 4) is 0 Å². The first-order chi connectivity index (χ1) is 15.7. The summed E-state index contributed by atoms with van der Waals surface area (Å²) >= 11 is 0. The Bertz CT molecular complexity index is 1060. The van der Waals surface area contributed by atoms with Crippen LogP contribution in [0.4, 0.5) is 5.69 Å². The zero-order valence-corrected chi connectivity index (χ0v) is 20.3. The van der Waals surface area contributed by atoms with Crippen LogP contribution in [-0.4, -0.2) is 76.3 Å². The molecule has 0 unspecified atom stereocenters. The molecule has 3 rings (SSSR count). The van der Waals surface area contributed by atoms with Crippen LogP contribution >= 0.6 is 0 Å². The maximum atomic E-state index is 12.9. The molecule has 0 saturated carbocycles. The normalized spacial score (nSPS) is 14.7.